The number of halogens is 5. The number of hydrogen-bond donors (Lipinski definition) is 4. The zero-order valence-corrected chi connectivity index (χ0v) is 22.4. The lowest BCUT2D eigenvalue weighted by Gasteiger charge is -2.44. The van der Waals surface area contributed by atoms with E-state index in [0.717, 1.165) is 22.9 Å². The molecule has 0 radical (unpaired) electrons. The van der Waals surface area contributed by atoms with Crippen LogP contribution in [0.3, 0.4) is 0 Å². The van der Waals surface area contributed by atoms with Gasteiger partial charge in [0.15, 0.2) is 0 Å². The number of nitrogens with zero attached hydrogens (tertiary/aromatic N) is 3. The molecule has 0 aliphatic carbocycles. The van der Waals surface area contributed by atoms with Crippen molar-refractivity contribution in [3.8, 4) is 11.3 Å². The number of rotatable bonds is 7. The van der Waals surface area contributed by atoms with E-state index in [4.69, 9.17) is 4.74 Å². The van der Waals surface area contributed by atoms with Gasteiger partial charge in [-0.25, -0.2) is 13.5 Å². The van der Waals surface area contributed by atoms with Crippen LogP contribution in [0.2, 0.25) is 0 Å². The van der Waals surface area contributed by atoms with E-state index in [1.807, 2.05) is 0 Å². The van der Waals surface area contributed by atoms with Gasteiger partial charge in [0.1, 0.15) is 47.1 Å². The molecule has 6 atom stereocenters. The lowest BCUT2D eigenvalue weighted by atomic mass is 9.94. The Morgan fingerprint density at radius 3 is 2.27 bits per heavy atom. The first kappa shape index (κ1) is 30.3. The van der Waals surface area contributed by atoms with Gasteiger partial charge in [-0.15, -0.1) is 16.9 Å². The summed E-state index contributed by atoms with van der Waals surface area (Å²) in [5, 5.41) is 49.4. The van der Waals surface area contributed by atoms with Gasteiger partial charge >= 0.3 is 6.18 Å². The summed E-state index contributed by atoms with van der Waals surface area (Å²) in [7, 11) is 0. The van der Waals surface area contributed by atoms with Gasteiger partial charge in [-0.2, -0.15) is 13.2 Å². The first-order valence-corrected chi connectivity index (χ1v) is 13.1. The summed E-state index contributed by atoms with van der Waals surface area (Å²) in [6.45, 7) is 3.17. The van der Waals surface area contributed by atoms with E-state index in [0.29, 0.717) is 11.8 Å². The molecule has 0 saturated carbocycles. The first-order chi connectivity index (χ1) is 18.6. The first-order valence-electron chi connectivity index (χ1n) is 12.2. The molecule has 2 heterocycles. The predicted octanol–water partition coefficient (Wildman–Crippen LogP) is 3.78. The molecule has 4 rings (SSSR count). The van der Waals surface area contributed by atoms with E-state index >= 15 is 0 Å². The van der Waals surface area contributed by atoms with Crippen molar-refractivity contribution in [2.75, 3.05) is 6.61 Å². The van der Waals surface area contributed by atoms with Gasteiger partial charge in [0, 0.05) is 11.1 Å². The molecule has 218 valence electrons. The second kappa shape index (κ2) is 11.3. The minimum Gasteiger partial charge on any atom is -0.394 e. The standard InChI is InChI=1S/C26H28F5N3O5S/c1-12-16(27)8-13(9-17(12)28)18-10-34(33-32-18)20-21(36)19(11-35)39-24(22(20)37)40-23(25(2,3)38)14-6-4-5-7-15(14)26(29,30)31/h4-10,19-24,35-38H,11H2,1-3H3/t19-,20+,21+,22-,23+,24+/m1/s1. The molecule has 4 N–H and O–H groups in total. The lowest BCUT2D eigenvalue weighted by molar-refractivity contribution is -0.179. The zero-order chi connectivity index (χ0) is 29.6. The van der Waals surface area contributed by atoms with Gasteiger partial charge < -0.3 is 25.2 Å². The summed E-state index contributed by atoms with van der Waals surface area (Å²) in [6, 6.07) is 5.46. The molecule has 8 nitrogen and oxygen atoms in total. The Kier molecular flexibility index (Phi) is 8.60. The van der Waals surface area contributed by atoms with Crippen LogP contribution in [0.5, 0.6) is 0 Å². The van der Waals surface area contributed by atoms with Crippen LogP contribution in [-0.2, 0) is 10.9 Å². The maximum Gasteiger partial charge on any atom is 0.416 e. The highest BCUT2D eigenvalue weighted by Crippen LogP contribution is 2.49. The summed E-state index contributed by atoms with van der Waals surface area (Å²) in [6.07, 6.45) is -7.99. The highest BCUT2D eigenvalue weighted by atomic mass is 32.2. The van der Waals surface area contributed by atoms with Gasteiger partial charge in [-0.05, 0) is 44.5 Å². The van der Waals surface area contributed by atoms with Crippen LogP contribution in [0, 0.1) is 18.6 Å². The maximum atomic E-state index is 14.1. The van der Waals surface area contributed by atoms with Crippen LogP contribution >= 0.6 is 11.8 Å². The van der Waals surface area contributed by atoms with Crippen molar-refractivity contribution < 1.29 is 47.1 Å². The fourth-order valence-electron chi connectivity index (χ4n) is 4.58. The number of thioether (sulfide) groups is 1. The predicted molar refractivity (Wildman–Crippen MR) is 135 cm³/mol. The van der Waals surface area contributed by atoms with Crippen molar-refractivity contribution in [1.29, 1.82) is 0 Å². The monoisotopic (exact) mass is 589 g/mol. The summed E-state index contributed by atoms with van der Waals surface area (Å²) >= 11 is 0.687. The smallest absolute Gasteiger partial charge is 0.394 e. The quantitative estimate of drug-likeness (QED) is 0.308. The van der Waals surface area contributed by atoms with Crippen LogP contribution in [0.1, 0.15) is 41.8 Å². The minimum absolute atomic E-state index is 0.0157. The van der Waals surface area contributed by atoms with Crippen molar-refractivity contribution >= 4 is 11.8 Å². The van der Waals surface area contributed by atoms with Gasteiger partial charge in [0.25, 0.3) is 0 Å². The van der Waals surface area contributed by atoms with E-state index in [-0.39, 0.29) is 22.4 Å². The molecule has 0 spiro atoms. The number of ether oxygens (including phenoxy) is 1. The highest BCUT2D eigenvalue weighted by Gasteiger charge is 2.49. The van der Waals surface area contributed by atoms with Gasteiger partial charge in [0.05, 0.1) is 29.2 Å². The summed E-state index contributed by atoms with van der Waals surface area (Å²) in [5.41, 5.74) is -4.46. The molecule has 0 unspecified atom stereocenters. The molecule has 1 aliphatic heterocycles. The number of benzene rings is 2. The van der Waals surface area contributed by atoms with E-state index in [1.54, 1.807) is 0 Å². The summed E-state index contributed by atoms with van der Waals surface area (Å²) in [5.74, 6) is -1.63. The Morgan fingerprint density at radius 2 is 1.70 bits per heavy atom. The molecule has 0 bridgehead atoms. The van der Waals surface area contributed by atoms with Crippen molar-refractivity contribution in [2.24, 2.45) is 0 Å². The number of hydrogen-bond acceptors (Lipinski definition) is 8. The second-order valence-corrected chi connectivity index (χ2v) is 11.3. The number of alkyl halides is 3. The molecule has 14 heteroatoms. The Balaban J connectivity index is 1.70. The molecular formula is C26H28F5N3O5S. The molecule has 1 saturated heterocycles. The lowest BCUT2D eigenvalue weighted by Crippen LogP contribution is -2.55. The normalized spacial score (nSPS) is 24.8. The van der Waals surface area contributed by atoms with Crippen LogP contribution in [0.4, 0.5) is 22.0 Å². The number of aliphatic hydroxyl groups is 4. The van der Waals surface area contributed by atoms with Crippen LogP contribution in [0.15, 0.2) is 42.6 Å². The fourth-order valence-corrected chi connectivity index (χ4v) is 6.06. The molecule has 1 aromatic heterocycles. The number of aromatic nitrogens is 3. The molecule has 1 aliphatic rings. The fraction of sp³-hybridized carbons (Fsp3) is 0.462. The molecule has 3 aromatic rings. The summed E-state index contributed by atoms with van der Waals surface area (Å²) in [4.78, 5) is 0. The van der Waals surface area contributed by atoms with Crippen LogP contribution < -0.4 is 0 Å². The Bertz CT molecular complexity index is 1330. The Morgan fingerprint density at radius 1 is 1.07 bits per heavy atom. The van der Waals surface area contributed by atoms with Gasteiger partial charge in [-0.3, -0.25) is 0 Å². The zero-order valence-electron chi connectivity index (χ0n) is 21.5. The SMILES string of the molecule is Cc1c(F)cc(-c2cn([C@H]3[C@@H](O)[C@@H](CO)O[C@@H](S[C@@H](c4ccccc4C(F)(F)F)C(C)(C)O)[C@@H]3O)nn2)cc1F. The molecular weight excluding hydrogens is 561 g/mol. The molecule has 40 heavy (non-hydrogen) atoms. The average molecular weight is 590 g/mol. The Hall–Kier alpha value is -2.62. The van der Waals surface area contributed by atoms with Crippen LogP contribution in [-0.4, -0.2) is 71.4 Å². The topological polar surface area (TPSA) is 121 Å². The minimum atomic E-state index is -4.73. The number of aliphatic hydroxyl groups excluding tert-OH is 3. The van der Waals surface area contributed by atoms with Crippen molar-refractivity contribution in [3.05, 3.63) is 70.9 Å². The highest BCUT2D eigenvalue weighted by molar-refractivity contribution is 8.00. The van der Waals surface area contributed by atoms with Crippen molar-refractivity contribution in [3.63, 3.8) is 0 Å². The molecule has 1 fully saturated rings. The van der Waals surface area contributed by atoms with E-state index < -0.39 is 70.6 Å². The largest absolute Gasteiger partial charge is 0.416 e. The van der Waals surface area contributed by atoms with Crippen LogP contribution in [0.25, 0.3) is 11.3 Å². The Labute approximate surface area is 230 Å². The third-order valence-corrected chi connectivity index (χ3v) is 8.46. The third-order valence-electron chi connectivity index (χ3n) is 6.70. The maximum absolute atomic E-state index is 14.1. The molecule has 0 amide bonds. The van der Waals surface area contributed by atoms with Gasteiger partial charge in [0.2, 0.25) is 0 Å². The van der Waals surface area contributed by atoms with Crippen molar-refractivity contribution in [1.82, 2.24) is 15.0 Å². The van der Waals surface area contributed by atoms with Gasteiger partial charge in [-0.1, -0.05) is 23.4 Å². The second-order valence-electron chi connectivity index (χ2n) is 10.1. The third kappa shape index (κ3) is 6.02. The van der Waals surface area contributed by atoms with E-state index in [2.05, 4.69) is 10.3 Å². The van der Waals surface area contributed by atoms with E-state index in [1.165, 1.54) is 45.2 Å². The average Bonchev–Trinajstić information content (AvgIpc) is 3.35. The van der Waals surface area contributed by atoms with E-state index in [9.17, 15) is 42.4 Å². The molecule has 2 aromatic carbocycles. The van der Waals surface area contributed by atoms with Crippen molar-refractivity contribution in [2.45, 2.75) is 67.6 Å². The summed E-state index contributed by atoms with van der Waals surface area (Å²) < 4.78 is 76.4.